The van der Waals surface area contributed by atoms with Crippen molar-refractivity contribution < 1.29 is 9.90 Å². The van der Waals surface area contributed by atoms with E-state index in [9.17, 15) is 4.79 Å². The minimum atomic E-state index is -0.221. The van der Waals surface area contributed by atoms with E-state index in [-0.39, 0.29) is 19.1 Å². The van der Waals surface area contributed by atoms with Gasteiger partial charge in [-0.25, -0.2) is 0 Å². The number of anilines is 1. The molecule has 0 atom stereocenters. The average Bonchev–Trinajstić information content (AvgIpc) is 2.58. The van der Waals surface area contributed by atoms with Crippen LogP contribution in [0.15, 0.2) is 48.5 Å². The molecule has 4 heteroatoms. The van der Waals surface area contributed by atoms with Gasteiger partial charge in [0.1, 0.15) is 0 Å². The first-order valence-electron chi connectivity index (χ1n) is 7.06. The SMILES string of the molecule is Nc1ccc(C#CC#Cc2ccc(C(=O)NCCO)cc2)cc1. The lowest BCUT2D eigenvalue weighted by Gasteiger charge is -2.02. The normalized spacial score (nSPS) is 9.09. The van der Waals surface area contributed by atoms with Gasteiger partial charge in [0.05, 0.1) is 6.61 Å². The zero-order valence-electron chi connectivity index (χ0n) is 12.5. The van der Waals surface area contributed by atoms with Crippen molar-refractivity contribution in [2.75, 3.05) is 18.9 Å². The molecule has 0 aromatic heterocycles. The number of nitrogen functional groups attached to an aromatic ring is 1. The summed E-state index contributed by atoms with van der Waals surface area (Å²) in [5.74, 6) is 11.2. The van der Waals surface area contributed by atoms with Crippen LogP contribution in [0.2, 0.25) is 0 Å². The Labute approximate surface area is 135 Å². The van der Waals surface area contributed by atoms with E-state index in [4.69, 9.17) is 10.8 Å². The van der Waals surface area contributed by atoms with Gasteiger partial charge in [0.2, 0.25) is 0 Å². The average molecular weight is 304 g/mol. The third-order valence-electron chi connectivity index (χ3n) is 2.93. The Morgan fingerprint density at radius 3 is 2.00 bits per heavy atom. The van der Waals surface area contributed by atoms with Crippen LogP contribution in [0.4, 0.5) is 5.69 Å². The molecule has 0 aliphatic heterocycles. The zero-order chi connectivity index (χ0) is 16.5. The van der Waals surface area contributed by atoms with E-state index in [0.717, 1.165) is 11.1 Å². The van der Waals surface area contributed by atoms with E-state index in [1.54, 1.807) is 36.4 Å². The Hall–Kier alpha value is -3.21. The molecule has 0 spiro atoms. The molecule has 114 valence electrons. The minimum Gasteiger partial charge on any atom is -0.399 e. The molecule has 4 nitrogen and oxygen atoms in total. The molecular formula is C19H16N2O2. The van der Waals surface area contributed by atoms with Crippen molar-refractivity contribution in [3.8, 4) is 23.7 Å². The van der Waals surface area contributed by atoms with Crippen LogP contribution in [0.1, 0.15) is 21.5 Å². The molecule has 4 N–H and O–H groups in total. The lowest BCUT2D eigenvalue weighted by Crippen LogP contribution is -2.26. The van der Waals surface area contributed by atoms with Crippen LogP contribution < -0.4 is 11.1 Å². The topological polar surface area (TPSA) is 75.4 Å². The van der Waals surface area contributed by atoms with Gasteiger partial charge in [-0.1, -0.05) is 11.8 Å². The number of carbonyl (C=O) groups excluding carboxylic acids is 1. The van der Waals surface area contributed by atoms with Crippen LogP contribution >= 0.6 is 0 Å². The smallest absolute Gasteiger partial charge is 0.251 e. The summed E-state index contributed by atoms with van der Waals surface area (Å²) in [6, 6.07) is 14.1. The van der Waals surface area contributed by atoms with Gasteiger partial charge in [-0.15, -0.1) is 0 Å². The molecule has 2 aromatic rings. The second-order valence-electron chi connectivity index (χ2n) is 4.68. The highest BCUT2D eigenvalue weighted by molar-refractivity contribution is 5.94. The van der Waals surface area contributed by atoms with Crippen molar-refractivity contribution in [2.24, 2.45) is 0 Å². The second kappa shape index (κ2) is 8.29. The van der Waals surface area contributed by atoms with Crippen LogP contribution in [0.5, 0.6) is 0 Å². The van der Waals surface area contributed by atoms with E-state index in [1.165, 1.54) is 0 Å². The Morgan fingerprint density at radius 1 is 0.957 bits per heavy atom. The number of nitrogens with one attached hydrogen (secondary N) is 1. The highest BCUT2D eigenvalue weighted by Crippen LogP contribution is 2.04. The molecule has 0 unspecified atom stereocenters. The molecule has 0 saturated heterocycles. The molecule has 23 heavy (non-hydrogen) atoms. The number of aliphatic hydroxyl groups is 1. The van der Waals surface area contributed by atoms with E-state index in [1.807, 2.05) is 12.1 Å². The van der Waals surface area contributed by atoms with Gasteiger partial charge >= 0.3 is 0 Å². The van der Waals surface area contributed by atoms with E-state index < -0.39 is 0 Å². The fraction of sp³-hybridized carbons (Fsp3) is 0.105. The zero-order valence-corrected chi connectivity index (χ0v) is 12.5. The van der Waals surface area contributed by atoms with Crippen molar-refractivity contribution in [3.05, 3.63) is 65.2 Å². The quantitative estimate of drug-likeness (QED) is 0.592. The number of nitrogens with two attached hydrogens (primary N) is 1. The van der Waals surface area contributed by atoms with Crippen LogP contribution in [0.3, 0.4) is 0 Å². The highest BCUT2D eigenvalue weighted by Gasteiger charge is 2.03. The Morgan fingerprint density at radius 2 is 1.48 bits per heavy atom. The summed E-state index contributed by atoms with van der Waals surface area (Å²) in [5.41, 5.74) is 8.45. The van der Waals surface area contributed by atoms with Crippen LogP contribution in [0.25, 0.3) is 0 Å². The van der Waals surface area contributed by atoms with Gasteiger partial charge in [0.25, 0.3) is 5.91 Å². The summed E-state index contributed by atoms with van der Waals surface area (Å²) in [5, 5.41) is 11.3. The maximum absolute atomic E-state index is 11.7. The second-order valence-corrected chi connectivity index (χ2v) is 4.68. The molecule has 2 rings (SSSR count). The summed E-state index contributed by atoms with van der Waals surface area (Å²) < 4.78 is 0. The van der Waals surface area contributed by atoms with Crippen molar-refractivity contribution in [2.45, 2.75) is 0 Å². The fourth-order valence-electron chi connectivity index (χ4n) is 1.75. The lowest BCUT2D eigenvalue weighted by atomic mass is 10.1. The summed E-state index contributed by atoms with van der Waals surface area (Å²) in [4.78, 5) is 11.7. The number of benzene rings is 2. The predicted molar refractivity (Wildman–Crippen MR) is 90.5 cm³/mol. The maximum atomic E-state index is 11.7. The van der Waals surface area contributed by atoms with E-state index in [2.05, 4.69) is 29.0 Å². The van der Waals surface area contributed by atoms with Crippen LogP contribution in [-0.4, -0.2) is 24.2 Å². The number of rotatable bonds is 3. The molecule has 0 fully saturated rings. The van der Waals surface area contributed by atoms with Gasteiger partial charge in [-0.05, 0) is 60.4 Å². The largest absolute Gasteiger partial charge is 0.399 e. The highest BCUT2D eigenvalue weighted by atomic mass is 16.3. The number of amides is 1. The fourth-order valence-corrected chi connectivity index (χ4v) is 1.75. The number of hydrogen-bond donors (Lipinski definition) is 3. The third kappa shape index (κ3) is 5.24. The van der Waals surface area contributed by atoms with Crippen molar-refractivity contribution >= 4 is 11.6 Å². The first-order chi connectivity index (χ1) is 11.2. The number of carbonyl (C=O) groups is 1. The molecule has 0 bridgehead atoms. The predicted octanol–water partition coefficient (Wildman–Crippen LogP) is 1.39. The Bertz CT molecular complexity index is 786. The monoisotopic (exact) mass is 304 g/mol. The first-order valence-corrected chi connectivity index (χ1v) is 7.06. The van der Waals surface area contributed by atoms with E-state index >= 15 is 0 Å². The molecule has 0 aliphatic carbocycles. The van der Waals surface area contributed by atoms with Crippen molar-refractivity contribution in [3.63, 3.8) is 0 Å². The lowest BCUT2D eigenvalue weighted by molar-refractivity contribution is 0.0945. The third-order valence-corrected chi connectivity index (χ3v) is 2.93. The van der Waals surface area contributed by atoms with Crippen LogP contribution in [0, 0.1) is 23.7 Å². The van der Waals surface area contributed by atoms with E-state index in [0.29, 0.717) is 11.3 Å². The molecule has 2 aromatic carbocycles. The summed E-state index contributed by atoms with van der Waals surface area (Å²) in [6.45, 7) is 0.156. The molecule has 0 radical (unpaired) electrons. The molecular weight excluding hydrogens is 288 g/mol. The van der Waals surface area contributed by atoms with Crippen molar-refractivity contribution in [1.29, 1.82) is 0 Å². The van der Waals surface area contributed by atoms with Crippen LogP contribution in [-0.2, 0) is 0 Å². The molecule has 0 aliphatic rings. The first kappa shape index (κ1) is 16.2. The maximum Gasteiger partial charge on any atom is 0.251 e. The Balaban J connectivity index is 1.99. The summed E-state index contributed by atoms with van der Waals surface area (Å²) in [7, 11) is 0. The summed E-state index contributed by atoms with van der Waals surface area (Å²) >= 11 is 0. The molecule has 0 heterocycles. The van der Waals surface area contributed by atoms with Gasteiger partial charge in [0, 0.05) is 28.9 Å². The summed E-state index contributed by atoms with van der Waals surface area (Å²) in [6.07, 6.45) is 0. The number of aliphatic hydroxyl groups excluding tert-OH is 1. The molecule has 0 saturated carbocycles. The minimum absolute atomic E-state index is 0.0814. The van der Waals surface area contributed by atoms with Gasteiger partial charge in [-0.3, -0.25) is 4.79 Å². The van der Waals surface area contributed by atoms with Gasteiger partial charge in [0.15, 0.2) is 0 Å². The molecule has 1 amide bonds. The van der Waals surface area contributed by atoms with Crippen molar-refractivity contribution in [1.82, 2.24) is 5.32 Å². The Kier molecular flexibility index (Phi) is 5.82. The number of hydrogen-bond acceptors (Lipinski definition) is 3. The standard InChI is InChI=1S/C19H16N2O2/c20-18-11-7-16(8-12-18)4-2-1-3-15-5-9-17(10-6-15)19(23)21-13-14-22/h5-12,22H,13-14,20H2,(H,21,23). The van der Waals surface area contributed by atoms with Gasteiger partial charge < -0.3 is 16.2 Å². The van der Waals surface area contributed by atoms with Gasteiger partial charge in [-0.2, -0.15) is 0 Å².